The van der Waals surface area contributed by atoms with Gasteiger partial charge in [0.05, 0.1) is 7.11 Å². The minimum Gasteiger partial charge on any atom is -0.619 e. The van der Waals surface area contributed by atoms with Gasteiger partial charge in [0.15, 0.2) is 11.9 Å². The fraction of sp³-hybridized carbons (Fsp3) is 0.231. The zero-order chi connectivity index (χ0) is 13.1. The minimum atomic E-state index is -0.336. The molecule has 2 heterocycles. The van der Waals surface area contributed by atoms with Crippen LogP contribution in [0.2, 0.25) is 0 Å². The smallest absolute Gasteiger partial charge is 0.348 e. The van der Waals surface area contributed by atoms with Gasteiger partial charge in [-0.2, -0.15) is 4.73 Å². The Labute approximate surface area is 109 Å². The van der Waals surface area contributed by atoms with Crippen LogP contribution in [-0.2, 0) is 11.2 Å². The minimum absolute atomic E-state index is 0.336. The molecule has 0 aliphatic heterocycles. The van der Waals surface area contributed by atoms with Crippen LogP contribution >= 0.6 is 11.3 Å². The van der Waals surface area contributed by atoms with Crippen molar-refractivity contribution in [3.8, 4) is 10.4 Å². The summed E-state index contributed by atoms with van der Waals surface area (Å²) in [5, 5.41) is 11.4. The van der Waals surface area contributed by atoms with E-state index in [9.17, 15) is 10.0 Å². The molecule has 0 saturated carbocycles. The molecule has 18 heavy (non-hydrogen) atoms. The van der Waals surface area contributed by atoms with Crippen LogP contribution in [0.3, 0.4) is 0 Å². The number of carbonyl (C=O) groups excluding carboxylic acids is 1. The number of nitrogens with zero attached hydrogens (tertiary/aromatic N) is 1. The van der Waals surface area contributed by atoms with E-state index in [0.29, 0.717) is 17.0 Å². The first-order valence-corrected chi connectivity index (χ1v) is 6.38. The molecule has 0 amide bonds. The molecule has 2 aromatic heterocycles. The molecule has 2 aromatic rings. The van der Waals surface area contributed by atoms with Crippen molar-refractivity contribution in [1.82, 2.24) is 0 Å². The standard InChI is InChI=1S/C13H13NO3S/c1-3-10-8-9(6-7-14(10)16)11-4-5-12(18-11)13(15)17-2/h4-8H,3H2,1-2H3. The quantitative estimate of drug-likeness (QED) is 0.485. The first-order chi connectivity index (χ1) is 8.65. The Hall–Kier alpha value is -1.88. The number of aryl methyl sites for hydroxylation is 1. The fourth-order valence-electron chi connectivity index (χ4n) is 1.65. The molecule has 0 aliphatic carbocycles. The second-order valence-corrected chi connectivity index (χ2v) is 4.83. The second kappa shape index (κ2) is 5.18. The van der Waals surface area contributed by atoms with Crippen LogP contribution in [0, 0.1) is 5.21 Å². The molecule has 2 rings (SSSR count). The molecule has 0 radical (unpaired) electrons. The molecule has 94 valence electrons. The fourth-order valence-corrected chi connectivity index (χ4v) is 2.57. The van der Waals surface area contributed by atoms with Crippen LogP contribution in [-0.4, -0.2) is 13.1 Å². The van der Waals surface area contributed by atoms with E-state index >= 15 is 0 Å². The third-order valence-electron chi connectivity index (χ3n) is 2.63. The van der Waals surface area contributed by atoms with Crippen molar-refractivity contribution in [3.63, 3.8) is 0 Å². The number of hydrogen-bond acceptors (Lipinski definition) is 4. The highest BCUT2D eigenvalue weighted by Gasteiger charge is 2.12. The second-order valence-electron chi connectivity index (χ2n) is 3.74. The lowest BCUT2D eigenvalue weighted by atomic mass is 10.2. The average Bonchev–Trinajstić information content (AvgIpc) is 2.88. The number of ether oxygens (including phenoxy) is 1. The molecular weight excluding hydrogens is 250 g/mol. The van der Waals surface area contributed by atoms with Crippen molar-refractivity contribution in [1.29, 1.82) is 0 Å². The van der Waals surface area contributed by atoms with E-state index in [1.807, 2.05) is 19.1 Å². The SMILES string of the molecule is CCc1cc(-c2ccc(C(=O)OC)s2)cc[n+]1[O-]. The number of aromatic nitrogens is 1. The van der Waals surface area contributed by atoms with E-state index < -0.39 is 0 Å². The molecule has 0 aromatic carbocycles. The van der Waals surface area contributed by atoms with Gasteiger partial charge in [-0.25, -0.2) is 4.79 Å². The number of rotatable bonds is 3. The molecule has 0 fully saturated rings. The number of methoxy groups -OCH3 is 1. The highest BCUT2D eigenvalue weighted by molar-refractivity contribution is 7.17. The summed E-state index contributed by atoms with van der Waals surface area (Å²) in [5.41, 5.74) is 1.65. The first-order valence-electron chi connectivity index (χ1n) is 5.56. The van der Waals surface area contributed by atoms with Gasteiger partial charge >= 0.3 is 5.97 Å². The van der Waals surface area contributed by atoms with Crippen LogP contribution in [0.15, 0.2) is 30.5 Å². The molecule has 0 atom stereocenters. The van der Waals surface area contributed by atoms with Crippen molar-refractivity contribution in [3.05, 3.63) is 46.2 Å². The van der Waals surface area contributed by atoms with Crippen LogP contribution in [0.1, 0.15) is 22.3 Å². The van der Waals surface area contributed by atoms with Crippen LogP contribution < -0.4 is 4.73 Å². The van der Waals surface area contributed by atoms with Crippen LogP contribution in [0.25, 0.3) is 10.4 Å². The molecule has 0 aliphatic rings. The van der Waals surface area contributed by atoms with Crippen LogP contribution in [0.5, 0.6) is 0 Å². The van der Waals surface area contributed by atoms with E-state index in [4.69, 9.17) is 0 Å². The van der Waals surface area contributed by atoms with Gasteiger partial charge in [0, 0.05) is 29.0 Å². The Balaban J connectivity index is 2.37. The Morgan fingerprint density at radius 1 is 1.44 bits per heavy atom. The summed E-state index contributed by atoms with van der Waals surface area (Å²) in [7, 11) is 1.36. The molecule has 0 unspecified atom stereocenters. The summed E-state index contributed by atoms with van der Waals surface area (Å²) < 4.78 is 5.53. The summed E-state index contributed by atoms with van der Waals surface area (Å²) in [6.45, 7) is 1.93. The average molecular weight is 263 g/mol. The number of esters is 1. The van der Waals surface area contributed by atoms with E-state index in [1.54, 1.807) is 12.1 Å². The lowest BCUT2D eigenvalue weighted by molar-refractivity contribution is -0.613. The Kier molecular flexibility index (Phi) is 3.62. The Morgan fingerprint density at radius 2 is 2.22 bits per heavy atom. The topological polar surface area (TPSA) is 53.2 Å². The summed E-state index contributed by atoms with van der Waals surface area (Å²) in [4.78, 5) is 12.9. The molecule has 4 nitrogen and oxygen atoms in total. The first kappa shape index (κ1) is 12.6. The van der Waals surface area contributed by atoms with Gasteiger partial charge in [-0.15, -0.1) is 11.3 Å². The molecule has 0 spiro atoms. The van der Waals surface area contributed by atoms with E-state index in [1.165, 1.54) is 24.6 Å². The largest absolute Gasteiger partial charge is 0.619 e. The lowest BCUT2D eigenvalue weighted by Gasteiger charge is -2.03. The monoisotopic (exact) mass is 263 g/mol. The lowest BCUT2D eigenvalue weighted by Crippen LogP contribution is -2.30. The predicted molar refractivity (Wildman–Crippen MR) is 69.4 cm³/mol. The molecule has 0 bridgehead atoms. The van der Waals surface area contributed by atoms with Gasteiger partial charge in [0.2, 0.25) is 0 Å². The van der Waals surface area contributed by atoms with Gasteiger partial charge < -0.3 is 9.94 Å². The maximum atomic E-state index is 11.4. The third kappa shape index (κ3) is 2.36. The van der Waals surface area contributed by atoms with Crippen molar-refractivity contribution >= 4 is 17.3 Å². The Morgan fingerprint density at radius 3 is 2.89 bits per heavy atom. The molecule has 5 heteroatoms. The van der Waals surface area contributed by atoms with Gasteiger partial charge in [-0.05, 0) is 12.1 Å². The van der Waals surface area contributed by atoms with Gasteiger partial charge in [0.25, 0.3) is 0 Å². The maximum absolute atomic E-state index is 11.4. The summed E-state index contributed by atoms with van der Waals surface area (Å²) >= 11 is 1.36. The molecule has 0 N–H and O–H groups in total. The summed E-state index contributed by atoms with van der Waals surface area (Å²) in [6, 6.07) is 7.19. The summed E-state index contributed by atoms with van der Waals surface area (Å²) in [5.74, 6) is -0.336. The van der Waals surface area contributed by atoms with Crippen LogP contribution in [0.4, 0.5) is 0 Å². The normalized spacial score (nSPS) is 10.3. The van der Waals surface area contributed by atoms with Gasteiger partial charge in [-0.1, -0.05) is 6.92 Å². The number of carbonyl (C=O) groups is 1. The van der Waals surface area contributed by atoms with E-state index in [0.717, 1.165) is 15.2 Å². The van der Waals surface area contributed by atoms with Crippen molar-refractivity contribution in [2.45, 2.75) is 13.3 Å². The zero-order valence-electron chi connectivity index (χ0n) is 10.2. The van der Waals surface area contributed by atoms with E-state index in [2.05, 4.69) is 4.74 Å². The van der Waals surface area contributed by atoms with Crippen molar-refractivity contribution in [2.24, 2.45) is 0 Å². The predicted octanol–water partition coefficient (Wildman–Crippen LogP) is 2.40. The summed E-state index contributed by atoms with van der Waals surface area (Å²) in [6.07, 6.45) is 2.16. The Bertz CT molecular complexity index is 577. The number of thiophene rings is 1. The third-order valence-corrected chi connectivity index (χ3v) is 3.75. The number of pyridine rings is 1. The highest BCUT2D eigenvalue weighted by atomic mass is 32.1. The number of hydrogen-bond donors (Lipinski definition) is 0. The van der Waals surface area contributed by atoms with Gasteiger partial charge in [0.1, 0.15) is 4.88 Å². The van der Waals surface area contributed by atoms with E-state index in [-0.39, 0.29) is 5.97 Å². The molecular formula is C13H13NO3S. The van der Waals surface area contributed by atoms with Crippen molar-refractivity contribution in [2.75, 3.05) is 7.11 Å². The highest BCUT2D eigenvalue weighted by Crippen LogP contribution is 2.28. The maximum Gasteiger partial charge on any atom is 0.348 e. The van der Waals surface area contributed by atoms with Crippen molar-refractivity contribution < 1.29 is 14.3 Å². The van der Waals surface area contributed by atoms with Gasteiger partial charge in [-0.3, -0.25) is 0 Å². The zero-order valence-corrected chi connectivity index (χ0v) is 11.0. The molecule has 0 saturated heterocycles.